The van der Waals surface area contributed by atoms with E-state index in [1.807, 2.05) is 0 Å². The molecule has 264 valence electrons. The molecule has 2 aliphatic rings. The quantitative estimate of drug-likeness (QED) is 0.0866. The maximum atomic E-state index is 13.7. The number of ether oxygens (including phenoxy) is 4. The van der Waals surface area contributed by atoms with E-state index in [9.17, 15) is 49.0 Å². The van der Waals surface area contributed by atoms with Crippen molar-refractivity contribution in [2.45, 2.75) is 72.1 Å². The van der Waals surface area contributed by atoms with Crippen LogP contribution in [-0.4, -0.2) is 118 Å². The summed E-state index contributed by atoms with van der Waals surface area (Å²) in [5.74, 6) is -1.13. The molecule has 49 heavy (non-hydrogen) atoms. The third kappa shape index (κ3) is 7.49. The fourth-order valence-corrected chi connectivity index (χ4v) is 8.45. The molecule has 2 fully saturated rings. The van der Waals surface area contributed by atoms with Gasteiger partial charge in [-0.15, -0.1) is 0 Å². The minimum atomic E-state index is -1.60. The fraction of sp³-hybridized carbons (Fsp3) is 0.438. The molecule has 0 bridgehead atoms. The Morgan fingerprint density at radius 3 is 1.43 bits per heavy atom. The van der Waals surface area contributed by atoms with Gasteiger partial charge in [0.1, 0.15) is 0 Å². The van der Waals surface area contributed by atoms with Crippen LogP contribution in [-0.2, 0) is 32.2 Å². The Hall–Kier alpha value is -3.16. The van der Waals surface area contributed by atoms with Crippen molar-refractivity contribution >= 4 is 36.9 Å². The second kappa shape index (κ2) is 15.0. The summed E-state index contributed by atoms with van der Waals surface area (Å²) in [6.07, 6.45) is -11.7. The summed E-state index contributed by atoms with van der Waals surface area (Å²) in [4.78, 5) is 25.1. The number of fused-ring (bicyclic) bond motifs is 2. The van der Waals surface area contributed by atoms with E-state index in [2.05, 4.69) is 0 Å². The van der Waals surface area contributed by atoms with Crippen LogP contribution in [0.5, 0.6) is 0 Å². The molecule has 14 nitrogen and oxygen atoms in total. The van der Waals surface area contributed by atoms with Crippen LogP contribution in [0.15, 0.2) is 67.0 Å². The zero-order valence-electron chi connectivity index (χ0n) is 25.3. The van der Waals surface area contributed by atoms with Crippen LogP contribution < -0.4 is 11.3 Å². The van der Waals surface area contributed by atoms with Crippen molar-refractivity contribution < 1.29 is 67.2 Å². The van der Waals surface area contributed by atoms with Gasteiger partial charge in [0.05, 0.1) is 0 Å². The first kappa shape index (κ1) is 35.7. The summed E-state index contributed by atoms with van der Waals surface area (Å²) in [5, 5.41) is 62.1. The van der Waals surface area contributed by atoms with E-state index < -0.39 is 123 Å². The Morgan fingerprint density at radius 2 is 1.04 bits per heavy atom. The van der Waals surface area contributed by atoms with E-state index in [4.69, 9.17) is 27.8 Å². The van der Waals surface area contributed by atoms with E-state index in [1.165, 1.54) is 24.3 Å². The Morgan fingerprint density at radius 1 is 0.633 bits per heavy atom. The molecule has 0 spiro atoms. The van der Waals surface area contributed by atoms with Crippen LogP contribution in [0, 0.1) is 11.6 Å². The number of benzene rings is 2. The van der Waals surface area contributed by atoms with Gasteiger partial charge in [0.25, 0.3) is 0 Å². The summed E-state index contributed by atoms with van der Waals surface area (Å²) in [5.41, 5.74) is -1.38. The molecule has 0 aliphatic carbocycles. The van der Waals surface area contributed by atoms with Gasteiger partial charge in [-0.3, -0.25) is 0 Å². The monoisotopic (exact) mass is 758 g/mol. The predicted molar refractivity (Wildman–Crippen MR) is 163 cm³/mol. The van der Waals surface area contributed by atoms with Gasteiger partial charge in [-0.05, 0) is 0 Å². The summed E-state index contributed by atoms with van der Waals surface area (Å²) < 4.78 is 60.9. The molecule has 0 saturated carbocycles. The summed E-state index contributed by atoms with van der Waals surface area (Å²) in [6, 6.07) is 9.85. The second-order valence-electron chi connectivity index (χ2n) is 11.6. The van der Waals surface area contributed by atoms with Crippen molar-refractivity contribution in [1.82, 2.24) is 0 Å². The van der Waals surface area contributed by atoms with Crippen molar-refractivity contribution in [3.8, 4) is 0 Å². The van der Waals surface area contributed by atoms with E-state index in [0.717, 1.165) is 24.3 Å². The van der Waals surface area contributed by atoms with Gasteiger partial charge in [-0.2, -0.15) is 0 Å². The third-order valence-electron chi connectivity index (χ3n) is 8.31. The number of aliphatic hydroxyl groups excluding tert-OH is 6. The zero-order valence-corrected chi connectivity index (χ0v) is 27.0. The number of hydrogen-bond donors (Lipinski definition) is 6. The first-order chi connectivity index (χ1) is 23.5. The second-order valence-corrected chi connectivity index (χ2v) is 14.1. The van der Waals surface area contributed by atoms with Gasteiger partial charge in [0, 0.05) is 0 Å². The normalized spacial score (nSPS) is 30.6. The molecule has 0 amide bonds. The van der Waals surface area contributed by atoms with Gasteiger partial charge in [-0.25, -0.2) is 0 Å². The van der Waals surface area contributed by atoms with E-state index in [0.29, 0.717) is 0 Å². The summed E-state index contributed by atoms with van der Waals surface area (Å²) in [6.45, 7) is -2.35. The SMILES string of the molecule is O=c1oc2ccc(F)cc2cc1CO[C@H]1[C@@H](O)[C@@H](CO)O[C@@H]([Se][C@@H]2O[C@H](CO)[C@H](O)[C@H](OCc3cc4cc(F)ccc4oc3=O)[C@H]2O)[C@@H]1O. The molecule has 2 saturated heterocycles. The molecule has 0 unspecified atom stereocenters. The maximum absolute atomic E-state index is 13.7. The molecule has 17 heteroatoms. The molecule has 10 atom stereocenters. The standard InChI is InChI=1S/C32H32F2O14Se/c33-17-1-3-19-13(7-17)5-15(29(41)45-19)11-43-27-23(37)21(9-35)47-31(25(27)39)49-32-26(40)28(24(38)22(10-36)48-32)44-12-16-6-14-8-18(34)2-4-20(14)46-30(16)42/h1-8,21-28,31-32,35-40H,9-12H2/t21-,22-,23+,24+,25-,26-,27+,28+,31+,32+/m1/s1. The van der Waals surface area contributed by atoms with E-state index in [-0.39, 0.29) is 33.1 Å². The van der Waals surface area contributed by atoms with Crippen LogP contribution in [0.2, 0.25) is 0 Å². The Labute approximate surface area is 281 Å². The van der Waals surface area contributed by atoms with Crippen LogP contribution >= 0.6 is 0 Å². The average Bonchev–Trinajstić information content (AvgIpc) is 3.07. The fourth-order valence-electron chi connectivity index (χ4n) is 5.70. The molecule has 2 aromatic heterocycles. The number of hydrogen-bond acceptors (Lipinski definition) is 14. The first-order valence-corrected chi connectivity index (χ1v) is 17.0. The van der Waals surface area contributed by atoms with E-state index >= 15 is 0 Å². The van der Waals surface area contributed by atoms with Crippen LogP contribution in [0.25, 0.3) is 21.9 Å². The zero-order chi connectivity index (χ0) is 35.0. The Kier molecular flexibility index (Phi) is 10.9. The Balaban J connectivity index is 1.17. The van der Waals surface area contributed by atoms with Crippen molar-refractivity contribution in [1.29, 1.82) is 0 Å². The average molecular weight is 758 g/mol. The molecule has 0 radical (unpaired) electrons. The van der Waals surface area contributed by atoms with Gasteiger partial charge in [0.2, 0.25) is 0 Å². The minimum absolute atomic E-state index is 0.0389. The molecule has 6 rings (SSSR count). The van der Waals surface area contributed by atoms with Crippen molar-refractivity contribution in [3.63, 3.8) is 0 Å². The Bertz CT molecular complexity index is 1770. The van der Waals surface area contributed by atoms with E-state index in [1.54, 1.807) is 0 Å². The van der Waals surface area contributed by atoms with Gasteiger partial charge in [-0.1, -0.05) is 0 Å². The molecule has 4 aromatic rings. The summed E-state index contributed by atoms with van der Waals surface area (Å²) >= 11 is -1.08. The van der Waals surface area contributed by atoms with Gasteiger partial charge in [0.15, 0.2) is 0 Å². The van der Waals surface area contributed by atoms with Crippen molar-refractivity contribution in [2.24, 2.45) is 0 Å². The third-order valence-corrected chi connectivity index (χ3v) is 11.1. The first-order valence-electron chi connectivity index (χ1n) is 15.1. The summed E-state index contributed by atoms with van der Waals surface area (Å²) in [7, 11) is 0. The van der Waals surface area contributed by atoms with Gasteiger partial charge >= 0.3 is 281 Å². The van der Waals surface area contributed by atoms with Crippen LogP contribution in [0.1, 0.15) is 11.1 Å². The van der Waals surface area contributed by atoms with Crippen molar-refractivity contribution in [3.05, 3.63) is 92.1 Å². The number of halogens is 2. The molecule has 4 heterocycles. The van der Waals surface area contributed by atoms with Crippen LogP contribution in [0.3, 0.4) is 0 Å². The predicted octanol–water partition coefficient (Wildman–Crippen LogP) is -0.770. The van der Waals surface area contributed by atoms with Gasteiger partial charge < -0.3 is 0 Å². The number of rotatable bonds is 10. The molecule has 6 N–H and O–H groups in total. The van der Waals surface area contributed by atoms with Crippen molar-refractivity contribution in [2.75, 3.05) is 13.2 Å². The molecular weight excluding hydrogens is 725 g/mol. The molecule has 2 aromatic carbocycles. The molecular formula is C32H32F2O14Se. The number of aliphatic hydroxyl groups is 6. The van der Waals surface area contributed by atoms with Crippen LogP contribution in [0.4, 0.5) is 8.78 Å². The molecule has 2 aliphatic heterocycles. The topological polar surface area (TPSA) is 219 Å².